The molecule has 2 aromatic rings. The number of nitrogens with one attached hydrogen (secondary N) is 2. The minimum absolute atomic E-state index is 0.149. The van der Waals surface area contributed by atoms with Crippen molar-refractivity contribution in [2.45, 2.75) is 39.3 Å². The highest BCUT2D eigenvalue weighted by Gasteiger charge is 2.25. The van der Waals surface area contributed by atoms with Gasteiger partial charge in [0.15, 0.2) is 6.10 Å². The lowest BCUT2D eigenvalue weighted by atomic mass is 10.0. The standard InChI is InChI=1S/C25H28BrCl2N3O4/c1-5-10-34-22-8-6-17(12-19(22)26)14-29-31-25(33)21(11-15(2)3)30-24(32)16(4)35-23-9-7-18(27)13-20(23)28/h5-9,12-16,21H,1,10-11H2,2-4H3,(H,30,32)(H,31,33)/b29-14-/t16-,21-/m1/s1. The third kappa shape index (κ3) is 9.55. The van der Waals surface area contributed by atoms with Crippen molar-refractivity contribution < 1.29 is 19.1 Å². The van der Waals surface area contributed by atoms with Crippen molar-refractivity contribution in [1.29, 1.82) is 0 Å². The molecule has 0 heterocycles. The fourth-order valence-corrected chi connectivity index (χ4v) is 3.88. The third-order valence-corrected chi connectivity index (χ3v) is 5.76. The lowest BCUT2D eigenvalue weighted by Crippen LogP contribution is -2.49. The molecule has 0 saturated heterocycles. The molecule has 2 aromatic carbocycles. The fourth-order valence-electron chi connectivity index (χ4n) is 2.92. The van der Waals surface area contributed by atoms with E-state index in [4.69, 9.17) is 32.7 Å². The summed E-state index contributed by atoms with van der Waals surface area (Å²) in [6, 6.07) is 9.31. The summed E-state index contributed by atoms with van der Waals surface area (Å²) in [7, 11) is 0. The quantitative estimate of drug-likeness (QED) is 0.188. The molecule has 2 rings (SSSR count). The number of nitrogens with zero attached hydrogens (tertiary/aromatic N) is 1. The second-order valence-corrected chi connectivity index (χ2v) is 9.75. The summed E-state index contributed by atoms with van der Waals surface area (Å²) in [5.74, 6) is 0.239. The molecule has 35 heavy (non-hydrogen) atoms. The highest BCUT2D eigenvalue weighted by Crippen LogP contribution is 2.28. The van der Waals surface area contributed by atoms with Crippen LogP contribution >= 0.6 is 39.1 Å². The number of carbonyl (C=O) groups is 2. The summed E-state index contributed by atoms with van der Waals surface area (Å²) >= 11 is 15.5. The number of hydrogen-bond acceptors (Lipinski definition) is 5. The summed E-state index contributed by atoms with van der Waals surface area (Å²) in [5, 5.41) is 7.50. The number of rotatable bonds is 12. The van der Waals surface area contributed by atoms with Crippen LogP contribution in [0.4, 0.5) is 0 Å². The molecule has 0 radical (unpaired) electrons. The molecule has 10 heteroatoms. The Labute approximate surface area is 224 Å². The number of hydrazone groups is 1. The predicted molar refractivity (Wildman–Crippen MR) is 144 cm³/mol. The van der Waals surface area contributed by atoms with Gasteiger partial charge in [0.1, 0.15) is 24.1 Å². The zero-order chi connectivity index (χ0) is 26.0. The van der Waals surface area contributed by atoms with Crippen LogP contribution in [0, 0.1) is 5.92 Å². The van der Waals surface area contributed by atoms with Gasteiger partial charge in [0, 0.05) is 5.02 Å². The average Bonchev–Trinajstić information content (AvgIpc) is 2.79. The van der Waals surface area contributed by atoms with Gasteiger partial charge in [0.2, 0.25) is 0 Å². The Bertz CT molecular complexity index is 1080. The highest BCUT2D eigenvalue weighted by molar-refractivity contribution is 9.10. The molecule has 0 bridgehead atoms. The van der Waals surface area contributed by atoms with Crippen molar-refractivity contribution in [2.24, 2.45) is 11.0 Å². The Morgan fingerprint density at radius 2 is 1.83 bits per heavy atom. The van der Waals surface area contributed by atoms with E-state index in [9.17, 15) is 9.59 Å². The lowest BCUT2D eigenvalue weighted by Gasteiger charge is -2.22. The Kier molecular flexibility index (Phi) is 11.6. The molecule has 2 atom stereocenters. The van der Waals surface area contributed by atoms with E-state index in [0.717, 1.165) is 10.0 Å². The molecule has 0 saturated carbocycles. The van der Waals surface area contributed by atoms with E-state index < -0.39 is 24.0 Å². The van der Waals surface area contributed by atoms with Crippen LogP contribution in [0.25, 0.3) is 0 Å². The van der Waals surface area contributed by atoms with E-state index in [1.54, 1.807) is 37.3 Å². The first-order chi connectivity index (χ1) is 16.6. The van der Waals surface area contributed by atoms with Gasteiger partial charge in [-0.05, 0) is 77.2 Å². The molecule has 0 spiro atoms. The number of halogens is 3. The molecule has 0 aliphatic rings. The molecule has 0 fully saturated rings. The maximum Gasteiger partial charge on any atom is 0.262 e. The smallest absolute Gasteiger partial charge is 0.262 e. The minimum Gasteiger partial charge on any atom is -0.488 e. The monoisotopic (exact) mass is 583 g/mol. The summed E-state index contributed by atoms with van der Waals surface area (Å²) in [6.07, 6.45) is 2.69. The van der Waals surface area contributed by atoms with Crippen LogP contribution in [-0.2, 0) is 9.59 Å². The lowest BCUT2D eigenvalue weighted by molar-refractivity contribution is -0.132. The van der Waals surface area contributed by atoms with Crippen LogP contribution in [0.15, 0.2) is 58.6 Å². The van der Waals surface area contributed by atoms with E-state index >= 15 is 0 Å². The maximum absolute atomic E-state index is 12.8. The predicted octanol–water partition coefficient (Wildman–Crippen LogP) is 5.77. The van der Waals surface area contributed by atoms with E-state index in [0.29, 0.717) is 29.5 Å². The number of benzene rings is 2. The van der Waals surface area contributed by atoms with Crippen molar-refractivity contribution in [2.75, 3.05) is 6.61 Å². The van der Waals surface area contributed by atoms with Gasteiger partial charge in [0.25, 0.3) is 11.8 Å². The summed E-state index contributed by atoms with van der Waals surface area (Å²) in [5.41, 5.74) is 3.24. The van der Waals surface area contributed by atoms with E-state index in [1.165, 1.54) is 12.3 Å². The summed E-state index contributed by atoms with van der Waals surface area (Å²) < 4.78 is 11.9. The molecule has 0 unspecified atom stereocenters. The molecule has 0 aliphatic heterocycles. The van der Waals surface area contributed by atoms with Gasteiger partial charge < -0.3 is 14.8 Å². The fraction of sp³-hybridized carbons (Fsp3) is 0.320. The highest BCUT2D eigenvalue weighted by atomic mass is 79.9. The van der Waals surface area contributed by atoms with Crippen LogP contribution in [0.5, 0.6) is 11.5 Å². The van der Waals surface area contributed by atoms with Gasteiger partial charge in [-0.25, -0.2) is 5.43 Å². The SMILES string of the molecule is C=CCOc1ccc(/C=N\NC(=O)[C@@H](CC(C)C)NC(=O)[C@@H](C)Oc2ccc(Cl)cc2Cl)cc1Br. The summed E-state index contributed by atoms with van der Waals surface area (Å²) in [4.78, 5) is 25.5. The zero-order valence-corrected chi connectivity index (χ0v) is 22.8. The Balaban J connectivity index is 2.00. The Morgan fingerprint density at radius 3 is 2.46 bits per heavy atom. The van der Waals surface area contributed by atoms with Gasteiger partial charge in [0.05, 0.1) is 15.7 Å². The maximum atomic E-state index is 12.8. The normalized spacial score (nSPS) is 12.8. The van der Waals surface area contributed by atoms with Crippen molar-refractivity contribution in [3.05, 3.63) is 69.1 Å². The first kappa shape index (κ1) is 28.7. The molecule has 2 N–H and O–H groups in total. The van der Waals surface area contributed by atoms with Crippen LogP contribution in [-0.4, -0.2) is 36.8 Å². The first-order valence-corrected chi connectivity index (χ1v) is 12.4. The van der Waals surface area contributed by atoms with Crippen LogP contribution < -0.4 is 20.2 Å². The number of hydrogen-bond donors (Lipinski definition) is 2. The van der Waals surface area contributed by atoms with Gasteiger partial charge in [-0.15, -0.1) is 0 Å². The molecule has 0 aliphatic carbocycles. The van der Waals surface area contributed by atoms with Crippen LogP contribution in [0.3, 0.4) is 0 Å². The van der Waals surface area contributed by atoms with Gasteiger partial charge in [-0.2, -0.15) is 5.10 Å². The first-order valence-electron chi connectivity index (χ1n) is 10.9. The zero-order valence-electron chi connectivity index (χ0n) is 19.7. The van der Waals surface area contributed by atoms with Gasteiger partial charge in [-0.3, -0.25) is 9.59 Å². The molecule has 0 aromatic heterocycles. The molecular formula is C25H28BrCl2N3O4. The molecular weight excluding hydrogens is 557 g/mol. The molecule has 188 valence electrons. The van der Waals surface area contributed by atoms with Crippen molar-refractivity contribution in [3.8, 4) is 11.5 Å². The molecule has 2 amide bonds. The van der Waals surface area contributed by atoms with Crippen molar-refractivity contribution >= 4 is 57.2 Å². The van der Waals surface area contributed by atoms with E-state index in [2.05, 4.69) is 38.4 Å². The number of amides is 2. The average molecular weight is 585 g/mol. The van der Waals surface area contributed by atoms with E-state index in [1.807, 2.05) is 19.9 Å². The van der Waals surface area contributed by atoms with Crippen LogP contribution in [0.2, 0.25) is 10.0 Å². The Morgan fingerprint density at radius 1 is 1.11 bits per heavy atom. The van der Waals surface area contributed by atoms with Gasteiger partial charge >= 0.3 is 0 Å². The number of carbonyl (C=O) groups excluding carboxylic acids is 2. The van der Waals surface area contributed by atoms with Crippen molar-refractivity contribution in [1.82, 2.24) is 10.7 Å². The summed E-state index contributed by atoms with van der Waals surface area (Å²) in [6.45, 7) is 9.49. The van der Waals surface area contributed by atoms with Gasteiger partial charge in [-0.1, -0.05) is 49.7 Å². The Hall–Kier alpha value is -2.55. The topological polar surface area (TPSA) is 89.0 Å². The number of ether oxygens (including phenoxy) is 2. The second-order valence-electron chi connectivity index (χ2n) is 8.05. The second kappa shape index (κ2) is 14.1. The third-order valence-electron chi connectivity index (χ3n) is 4.61. The van der Waals surface area contributed by atoms with Crippen molar-refractivity contribution in [3.63, 3.8) is 0 Å². The van der Waals surface area contributed by atoms with E-state index in [-0.39, 0.29) is 10.9 Å². The molecule has 7 nitrogen and oxygen atoms in total. The minimum atomic E-state index is -0.890. The largest absolute Gasteiger partial charge is 0.488 e. The van der Waals surface area contributed by atoms with Crippen LogP contribution in [0.1, 0.15) is 32.8 Å².